The van der Waals surface area contributed by atoms with Crippen molar-refractivity contribution in [2.24, 2.45) is 0 Å². The SMILES string of the molecule is CCC(=O)c1cc(C(C)(C)C)c(C(C)(C)C)c(C(C)(C)C)c1O. The summed E-state index contributed by atoms with van der Waals surface area (Å²) in [5.41, 5.74) is 3.25. The molecule has 130 valence electrons. The predicted octanol–water partition coefficient (Wildman–Crippen LogP) is 5.88. The number of carbonyl (C=O) groups excluding carboxylic acids is 1. The van der Waals surface area contributed by atoms with E-state index < -0.39 is 0 Å². The summed E-state index contributed by atoms with van der Waals surface area (Å²) in [4.78, 5) is 12.4. The lowest BCUT2D eigenvalue weighted by atomic mass is 9.67. The number of phenols is 1. The van der Waals surface area contributed by atoms with Crippen LogP contribution in [0.4, 0.5) is 0 Å². The van der Waals surface area contributed by atoms with Gasteiger partial charge in [0.05, 0.1) is 5.56 Å². The first kappa shape index (κ1) is 19.7. The summed E-state index contributed by atoms with van der Waals surface area (Å²) in [6.07, 6.45) is 0.398. The zero-order valence-corrected chi connectivity index (χ0v) is 16.6. The minimum Gasteiger partial charge on any atom is -0.507 e. The molecule has 2 nitrogen and oxygen atoms in total. The largest absolute Gasteiger partial charge is 0.507 e. The molecule has 1 N–H and O–H groups in total. The highest BCUT2D eigenvalue weighted by Gasteiger charge is 2.36. The molecular formula is C21H34O2. The molecule has 0 saturated carbocycles. The quantitative estimate of drug-likeness (QED) is 0.692. The first-order chi connectivity index (χ1) is 10.1. The van der Waals surface area contributed by atoms with Crippen LogP contribution in [0.1, 0.15) is 103 Å². The fourth-order valence-electron chi connectivity index (χ4n) is 3.18. The van der Waals surface area contributed by atoms with Crippen molar-refractivity contribution in [1.29, 1.82) is 0 Å². The number of carbonyl (C=O) groups is 1. The lowest BCUT2D eigenvalue weighted by Crippen LogP contribution is -2.29. The Morgan fingerprint density at radius 1 is 0.870 bits per heavy atom. The van der Waals surface area contributed by atoms with Crippen molar-refractivity contribution in [1.82, 2.24) is 0 Å². The van der Waals surface area contributed by atoms with Crippen LogP contribution in [-0.4, -0.2) is 10.9 Å². The van der Waals surface area contributed by atoms with Crippen LogP contribution in [0, 0.1) is 0 Å². The van der Waals surface area contributed by atoms with E-state index in [9.17, 15) is 9.90 Å². The molecule has 0 aliphatic rings. The minimum atomic E-state index is -0.239. The Morgan fingerprint density at radius 3 is 1.61 bits per heavy atom. The maximum absolute atomic E-state index is 12.4. The van der Waals surface area contributed by atoms with Gasteiger partial charge in [-0.1, -0.05) is 69.2 Å². The summed E-state index contributed by atoms with van der Waals surface area (Å²) in [5, 5.41) is 10.9. The summed E-state index contributed by atoms with van der Waals surface area (Å²) in [6.45, 7) is 21.2. The summed E-state index contributed by atoms with van der Waals surface area (Å²) >= 11 is 0. The smallest absolute Gasteiger partial charge is 0.166 e. The molecule has 0 atom stereocenters. The fourth-order valence-corrected chi connectivity index (χ4v) is 3.18. The van der Waals surface area contributed by atoms with Gasteiger partial charge in [-0.15, -0.1) is 0 Å². The van der Waals surface area contributed by atoms with Crippen LogP contribution in [0.5, 0.6) is 5.75 Å². The molecule has 0 bridgehead atoms. The van der Waals surface area contributed by atoms with Crippen molar-refractivity contribution in [2.75, 3.05) is 0 Å². The average Bonchev–Trinajstić information content (AvgIpc) is 2.33. The molecule has 0 radical (unpaired) electrons. The highest BCUT2D eigenvalue weighted by atomic mass is 16.3. The third kappa shape index (κ3) is 3.97. The van der Waals surface area contributed by atoms with Gasteiger partial charge in [0.15, 0.2) is 5.78 Å². The second-order valence-corrected chi connectivity index (χ2v) is 9.60. The predicted molar refractivity (Wildman–Crippen MR) is 98.8 cm³/mol. The van der Waals surface area contributed by atoms with E-state index in [1.54, 1.807) is 0 Å². The van der Waals surface area contributed by atoms with Crippen molar-refractivity contribution in [2.45, 2.75) is 91.9 Å². The number of ketones is 1. The summed E-state index contributed by atoms with van der Waals surface area (Å²) in [6, 6.07) is 1.93. The number of hydrogen-bond donors (Lipinski definition) is 1. The molecule has 0 unspecified atom stereocenters. The Labute approximate surface area is 142 Å². The number of hydrogen-bond acceptors (Lipinski definition) is 2. The van der Waals surface area contributed by atoms with Gasteiger partial charge in [-0.05, 0) is 33.4 Å². The Balaban J connectivity index is 4.08. The molecule has 0 aromatic heterocycles. The molecule has 0 heterocycles. The van der Waals surface area contributed by atoms with E-state index in [1.807, 2.05) is 13.0 Å². The third-order valence-corrected chi connectivity index (χ3v) is 4.23. The zero-order valence-electron chi connectivity index (χ0n) is 16.6. The Kier molecular flexibility index (Phi) is 5.11. The normalized spacial score (nSPS) is 13.3. The number of Topliss-reactive ketones (excluding diaryl/α,β-unsaturated/α-hetero) is 1. The Hall–Kier alpha value is -1.31. The molecule has 0 saturated heterocycles. The number of phenolic OH excluding ortho intramolecular Hbond substituents is 1. The van der Waals surface area contributed by atoms with Crippen molar-refractivity contribution in [3.63, 3.8) is 0 Å². The zero-order chi connectivity index (χ0) is 18.4. The van der Waals surface area contributed by atoms with Crippen molar-refractivity contribution in [3.05, 3.63) is 28.3 Å². The molecule has 0 fully saturated rings. The fraction of sp³-hybridized carbons (Fsp3) is 0.667. The lowest BCUT2D eigenvalue weighted by Gasteiger charge is -2.37. The van der Waals surface area contributed by atoms with Crippen LogP contribution in [-0.2, 0) is 16.2 Å². The molecule has 0 aliphatic heterocycles. The molecule has 1 rings (SSSR count). The Bertz CT molecular complexity index is 603. The number of aromatic hydroxyl groups is 1. The molecule has 1 aromatic carbocycles. The van der Waals surface area contributed by atoms with E-state index in [1.165, 1.54) is 5.56 Å². The van der Waals surface area contributed by atoms with E-state index >= 15 is 0 Å². The minimum absolute atomic E-state index is 0.000964. The lowest BCUT2D eigenvalue weighted by molar-refractivity contribution is 0.0985. The molecule has 23 heavy (non-hydrogen) atoms. The van der Waals surface area contributed by atoms with Crippen molar-refractivity contribution < 1.29 is 9.90 Å². The number of rotatable bonds is 2. The Morgan fingerprint density at radius 2 is 1.30 bits per heavy atom. The van der Waals surface area contributed by atoms with Gasteiger partial charge in [-0.2, -0.15) is 0 Å². The van der Waals surface area contributed by atoms with Crippen LogP contribution in [0.25, 0.3) is 0 Å². The van der Waals surface area contributed by atoms with E-state index in [0.717, 1.165) is 11.1 Å². The van der Waals surface area contributed by atoms with Gasteiger partial charge >= 0.3 is 0 Å². The molecular weight excluding hydrogens is 284 g/mol. The maximum atomic E-state index is 12.4. The first-order valence-electron chi connectivity index (χ1n) is 8.57. The first-order valence-corrected chi connectivity index (χ1v) is 8.57. The van der Waals surface area contributed by atoms with Crippen LogP contribution in [0.15, 0.2) is 6.07 Å². The van der Waals surface area contributed by atoms with Gasteiger partial charge in [0.25, 0.3) is 0 Å². The van der Waals surface area contributed by atoms with Gasteiger partial charge in [-0.3, -0.25) is 4.79 Å². The van der Waals surface area contributed by atoms with Crippen LogP contribution >= 0.6 is 0 Å². The summed E-state index contributed by atoms with van der Waals surface area (Å²) < 4.78 is 0. The molecule has 0 aliphatic carbocycles. The van der Waals surface area contributed by atoms with Crippen molar-refractivity contribution >= 4 is 5.78 Å². The van der Waals surface area contributed by atoms with Crippen molar-refractivity contribution in [3.8, 4) is 5.75 Å². The standard InChI is InChI=1S/C21H34O2/c1-11-15(22)13-12-14(19(2,3)4)16(20(5,6)7)17(18(13)23)21(8,9)10/h12,23H,11H2,1-10H3. The van der Waals surface area contributed by atoms with Crippen LogP contribution in [0.3, 0.4) is 0 Å². The van der Waals surface area contributed by atoms with E-state index in [2.05, 4.69) is 62.3 Å². The van der Waals surface area contributed by atoms with Gasteiger partial charge in [0.1, 0.15) is 5.75 Å². The van der Waals surface area contributed by atoms with E-state index in [-0.39, 0.29) is 27.8 Å². The van der Waals surface area contributed by atoms with Gasteiger partial charge in [-0.25, -0.2) is 0 Å². The highest BCUT2D eigenvalue weighted by molar-refractivity contribution is 5.99. The summed E-state index contributed by atoms with van der Waals surface area (Å²) in [7, 11) is 0. The number of benzene rings is 1. The molecule has 0 amide bonds. The monoisotopic (exact) mass is 318 g/mol. The topological polar surface area (TPSA) is 37.3 Å². The van der Waals surface area contributed by atoms with Gasteiger partial charge in [0, 0.05) is 12.0 Å². The van der Waals surface area contributed by atoms with Crippen LogP contribution in [0.2, 0.25) is 0 Å². The second kappa shape index (κ2) is 5.96. The van der Waals surface area contributed by atoms with Crippen LogP contribution < -0.4 is 0 Å². The average molecular weight is 319 g/mol. The van der Waals surface area contributed by atoms with Gasteiger partial charge in [0.2, 0.25) is 0 Å². The second-order valence-electron chi connectivity index (χ2n) is 9.60. The third-order valence-electron chi connectivity index (χ3n) is 4.23. The summed E-state index contributed by atoms with van der Waals surface area (Å²) in [5.74, 6) is 0.168. The maximum Gasteiger partial charge on any atom is 0.166 e. The molecule has 0 spiro atoms. The van der Waals surface area contributed by atoms with E-state index in [4.69, 9.17) is 0 Å². The van der Waals surface area contributed by atoms with Gasteiger partial charge < -0.3 is 5.11 Å². The molecule has 1 aromatic rings. The highest BCUT2D eigenvalue weighted by Crippen LogP contribution is 2.46. The van der Waals surface area contributed by atoms with E-state index in [0.29, 0.717) is 12.0 Å². The molecule has 2 heteroatoms.